The number of nitriles is 1. The molecule has 3 aromatic carbocycles. The second kappa shape index (κ2) is 11.8. The van der Waals surface area contributed by atoms with E-state index in [1.807, 2.05) is 71.1 Å². The number of aromatic nitrogens is 3. The molecule has 0 radical (unpaired) electrons. The van der Waals surface area contributed by atoms with Crippen LogP contribution in [0.15, 0.2) is 82.2 Å². The van der Waals surface area contributed by atoms with Crippen molar-refractivity contribution in [2.45, 2.75) is 18.9 Å². The summed E-state index contributed by atoms with van der Waals surface area (Å²) in [6.45, 7) is 3.43. The molecule has 42 heavy (non-hydrogen) atoms. The van der Waals surface area contributed by atoms with Crippen molar-refractivity contribution in [1.29, 1.82) is 5.26 Å². The van der Waals surface area contributed by atoms with Crippen LogP contribution in [-0.2, 0) is 6.54 Å². The van der Waals surface area contributed by atoms with Gasteiger partial charge in [-0.15, -0.1) is 0 Å². The van der Waals surface area contributed by atoms with Gasteiger partial charge in [0.15, 0.2) is 0 Å². The van der Waals surface area contributed by atoms with Gasteiger partial charge in [0.25, 0.3) is 0 Å². The number of pyridine rings is 1. The van der Waals surface area contributed by atoms with Gasteiger partial charge in [-0.3, -0.25) is 4.79 Å². The Balaban J connectivity index is 1.47. The smallest absolute Gasteiger partial charge is 0.235 e. The fraction of sp³-hybridized carbons (Fsp3) is 0.250. The average molecular weight is 583 g/mol. The Hall–Kier alpha value is -4.52. The van der Waals surface area contributed by atoms with Crippen molar-refractivity contribution in [3.63, 3.8) is 0 Å². The van der Waals surface area contributed by atoms with Crippen LogP contribution in [0.4, 0.5) is 10.1 Å². The zero-order valence-corrected chi connectivity index (χ0v) is 23.8. The van der Waals surface area contributed by atoms with Gasteiger partial charge in [0.05, 0.1) is 35.2 Å². The van der Waals surface area contributed by atoms with Crippen molar-refractivity contribution in [3.8, 4) is 17.5 Å². The van der Waals surface area contributed by atoms with Gasteiger partial charge in [0, 0.05) is 49.3 Å². The number of hydrogen-bond acceptors (Lipinski definition) is 7. The molecule has 0 saturated carbocycles. The Labute approximate surface area is 247 Å². The highest BCUT2D eigenvalue weighted by atomic mass is 35.5. The van der Waals surface area contributed by atoms with Crippen molar-refractivity contribution < 1.29 is 8.91 Å². The molecule has 1 unspecified atom stereocenters. The summed E-state index contributed by atoms with van der Waals surface area (Å²) in [6.07, 6.45) is 1.83. The SMILES string of the molecule is CN1CCN(c2cc3c(cc2F)c(=O)c(-c2noc(C(CC#N)c4ccccc4)n2)cn3Cc2ccc(Cl)cc2)CC1. The third kappa shape index (κ3) is 5.51. The molecule has 212 valence electrons. The normalized spacial score (nSPS) is 14.7. The van der Waals surface area contributed by atoms with E-state index >= 15 is 4.39 Å². The molecule has 0 spiro atoms. The fourth-order valence-electron chi connectivity index (χ4n) is 5.38. The Bertz CT molecular complexity index is 1820. The number of anilines is 1. The monoisotopic (exact) mass is 582 g/mol. The van der Waals surface area contributed by atoms with Crippen molar-refractivity contribution in [1.82, 2.24) is 19.6 Å². The third-order valence-electron chi connectivity index (χ3n) is 7.74. The number of fused-ring (bicyclic) bond motifs is 1. The summed E-state index contributed by atoms with van der Waals surface area (Å²) in [7, 11) is 2.05. The second-order valence-electron chi connectivity index (χ2n) is 10.5. The highest BCUT2D eigenvalue weighted by Crippen LogP contribution is 2.30. The fourth-order valence-corrected chi connectivity index (χ4v) is 5.50. The Kier molecular flexibility index (Phi) is 7.74. The van der Waals surface area contributed by atoms with Gasteiger partial charge in [-0.25, -0.2) is 4.39 Å². The molecule has 1 fully saturated rings. The lowest BCUT2D eigenvalue weighted by molar-refractivity contribution is 0.312. The van der Waals surface area contributed by atoms with Crippen LogP contribution in [0.25, 0.3) is 22.3 Å². The van der Waals surface area contributed by atoms with Crippen molar-refractivity contribution in [2.75, 3.05) is 38.1 Å². The lowest BCUT2D eigenvalue weighted by atomic mass is 9.96. The van der Waals surface area contributed by atoms with Gasteiger partial charge in [-0.05, 0) is 42.4 Å². The van der Waals surface area contributed by atoms with E-state index < -0.39 is 17.2 Å². The number of benzene rings is 3. The quantitative estimate of drug-likeness (QED) is 0.243. The van der Waals surface area contributed by atoms with Crippen LogP contribution in [0.5, 0.6) is 0 Å². The molecule has 3 heterocycles. The molecular weight excluding hydrogens is 555 g/mol. The summed E-state index contributed by atoms with van der Waals surface area (Å²) < 4.78 is 23.1. The first-order valence-corrected chi connectivity index (χ1v) is 14.1. The summed E-state index contributed by atoms with van der Waals surface area (Å²) in [5, 5.41) is 14.4. The molecule has 2 aromatic heterocycles. The first-order valence-electron chi connectivity index (χ1n) is 13.7. The minimum atomic E-state index is -0.452. The first-order chi connectivity index (χ1) is 20.4. The Morgan fingerprint density at radius 2 is 1.81 bits per heavy atom. The van der Waals surface area contributed by atoms with Crippen LogP contribution >= 0.6 is 11.6 Å². The highest BCUT2D eigenvalue weighted by Gasteiger charge is 2.25. The second-order valence-corrected chi connectivity index (χ2v) is 11.0. The maximum absolute atomic E-state index is 15.6. The minimum absolute atomic E-state index is 0.0872. The molecule has 1 atom stereocenters. The zero-order valence-electron chi connectivity index (χ0n) is 23.0. The van der Waals surface area contributed by atoms with Gasteiger partial charge >= 0.3 is 0 Å². The highest BCUT2D eigenvalue weighted by molar-refractivity contribution is 6.30. The number of hydrogen-bond donors (Lipinski definition) is 0. The van der Waals surface area contributed by atoms with Crippen molar-refractivity contribution in [2.24, 2.45) is 0 Å². The van der Waals surface area contributed by atoms with Crippen LogP contribution in [0.2, 0.25) is 5.02 Å². The Morgan fingerprint density at radius 3 is 2.52 bits per heavy atom. The molecule has 10 heteroatoms. The molecule has 0 bridgehead atoms. The lowest BCUT2D eigenvalue weighted by Crippen LogP contribution is -2.44. The van der Waals surface area contributed by atoms with Crippen LogP contribution < -0.4 is 10.3 Å². The molecule has 0 amide bonds. The van der Waals surface area contributed by atoms with Crippen molar-refractivity contribution >= 4 is 28.2 Å². The molecule has 0 aliphatic carbocycles. The average Bonchev–Trinajstić information content (AvgIpc) is 3.49. The number of nitrogens with zero attached hydrogens (tertiary/aromatic N) is 6. The van der Waals surface area contributed by atoms with Gasteiger partial charge < -0.3 is 18.9 Å². The van der Waals surface area contributed by atoms with Crippen LogP contribution in [0, 0.1) is 17.1 Å². The van der Waals surface area contributed by atoms with Gasteiger partial charge in [-0.2, -0.15) is 10.2 Å². The van der Waals surface area contributed by atoms with Gasteiger partial charge in [-0.1, -0.05) is 59.2 Å². The Morgan fingerprint density at radius 1 is 1.07 bits per heavy atom. The summed E-state index contributed by atoms with van der Waals surface area (Å²) in [4.78, 5) is 22.6. The van der Waals surface area contributed by atoms with Gasteiger partial charge in [0.2, 0.25) is 17.1 Å². The molecule has 1 aliphatic rings. The predicted molar refractivity (Wildman–Crippen MR) is 160 cm³/mol. The maximum Gasteiger partial charge on any atom is 0.235 e. The zero-order chi connectivity index (χ0) is 29.2. The summed E-state index contributed by atoms with van der Waals surface area (Å²) in [5.41, 5.74) is 2.66. The number of rotatable bonds is 7. The number of halogens is 2. The van der Waals surface area contributed by atoms with Crippen LogP contribution in [0.1, 0.15) is 29.4 Å². The lowest BCUT2D eigenvalue weighted by Gasteiger charge is -2.34. The molecule has 5 aromatic rings. The molecule has 1 aliphatic heterocycles. The van der Waals surface area contributed by atoms with E-state index in [0.717, 1.165) is 24.2 Å². The van der Waals surface area contributed by atoms with E-state index in [9.17, 15) is 10.1 Å². The summed E-state index contributed by atoms with van der Waals surface area (Å²) in [5.74, 6) is -0.577. The summed E-state index contributed by atoms with van der Waals surface area (Å²) >= 11 is 6.12. The van der Waals surface area contributed by atoms with Crippen molar-refractivity contribution in [3.05, 3.63) is 111 Å². The van der Waals surface area contributed by atoms with E-state index in [4.69, 9.17) is 16.1 Å². The largest absolute Gasteiger partial charge is 0.367 e. The number of likely N-dealkylation sites (N-methyl/N-ethyl adjacent to an activating group) is 1. The first kappa shape index (κ1) is 27.6. The minimum Gasteiger partial charge on any atom is -0.367 e. The maximum atomic E-state index is 15.6. The van der Waals surface area contributed by atoms with E-state index in [1.165, 1.54) is 6.07 Å². The van der Waals surface area contributed by atoms with Crippen LogP contribution in [-0.4, -0.2) is 52.8 Å². The summed E-state index contributed by atoms with van der Waals surface area (Å²) in [6, 6.07) is 22.1. The third-order valence-corrected chi connectivity index (χ3v) is 7.99. The van der Waals surface area contributed by atoms with E-state index in [-0.39, 0.29) is 29.1 Å². The molecule has 0 N–H and O–H groups in total. The topological polar surface area (TPSA) is 91.2 Å². The molecular formula is C32H28ClFN6O2. The van der Waals surface area contributed by atoms with Crippen LogP contribution in [0.3, 0.4) is 0 Å². The van der Waals surface area contributed by atoms with E-state index in [2.05, 4.69) is 21.1 Å². The standard InChI is InChI=1S/C32H28ClFN6O2/c1-38-13-15-39(16-14-38)29-18-28-25(17-27(29)34)30(41)26(20-40(28)19-21-7-9-23(33)10-8-21)31-36-32(42-37-31)24(11-12-35)22-5-3-2-4-6-22/h2-10,17-18,20,24H,11,13-16,19H2,1H3. The molecule has 8 nitrogen and oxygen atoms in total. The predicted octanol–water partition coefficient (Wildman–Crippen LogP) is 5.69. The van der Waals surface area contributed by atoms with E-state index in [1.54, 1.807) is 12.3 Å². The molecule has 1 saturated heterocycles. The molecule has 6 rings (SSSR count). The number of piperazine rings is 1. The van der Waals surface area contributed by atoms with Gasteiger partial charge in [0.1, 0.15) is 5.82 Å². The van der Waals surface area contributed by atoms with E-state index in [0.29, 0.717) is 35.9 Å².